The van der Waals surface area contributed by atoms with E-state index in [-0.39, 0.29) is 0 Å². The van der Waals surface area contributed by atoms with Crippen molar-refractivity contribution in [3.05, 3.63) is 47.7 Å². The lowest BCUT2D eigenvalue weighted by Crippen LogP contribution is -2.14. The summed E-state index contributed by atoms with van der Waals surface area (Å²) in [5.41, 5.74) is 9.22. The molecule has 3 aromatic rings. The van der Waals surface area contributed by atoms with Gasteiger partial charge in [-0.15, -0.1) is 0 Å². The molecule has 0 fully saturated rings. The number of nitrogens with zero attached hydrogens (tertiary/aromatic N) is 2. The van der Waals surface area contributed by atoms with Crippen LogP contribution in [0.5, 0.6) is 0 Å². The minimum Gasteiger partial charge on any atom is -0.366 e. The predicted octanol–water partition coefficient (Wildman–Crippen LogP) is 2.29. The molecule has 100 valence electrons. The van der Waals surface area contributed by atoms with E-state index < -0.39 is 5.91 Å². The van der Waals surface area contributed by atoms with Gasteiger partial charge < -0.3 is 10.7 Å². The van der Waals surface area contributed by atoms with Gasteiger partial charge >= 0.3 is 0 Å². The van der Waals surface area contributed by atoms with E-state index in [1.54, 1.807) is 12.3 Å². The van der Waals surface area contributed by atoms with Gasteiger partial charge in [0.05, 0.1) is 11.0 Å². The number of pyridine rings is 1. The van der Waals surface area contributed by atoms with Crippen LogP contribution in [-0.2, 0) is 6.42 Å². The van der Waals surface area contributed by atoms with Crippen molar-refractivity contribution >= 4 is 16.9 Å². The van der Waals surface area contributed by atoms with Crippen LogP contribution in [0.15, 0.2) is 36.5 Å². The Kier molecular flexibility index (Phi) is 2.95. The molecule has 0 aliphatic carbocycles. The Morgan fingerprint density at radius 3 is 2.80 bits per heavy atom. The van der Waals surface area contributed by atoms with Gasteiger partial charge in [0, 0.05) is 11.8 Å². The summed E-state index contributed by atoms with van der Waals surface area (Å²) in [6.45, 7) is 1.97. The molecule has 1 amide bonds. The van der Waals surface area contributed by atoms with Crippen molar-refractivity contribution in [2.45, 2.75) is 13.3 Å². The molecular formula is C15H14N4O. The first kappa shape index (κ1) is 12.3. The van der Waals surface area contributed by atoms with Crippen molar-refractivity contribution in [2.75, 3.05) is 0 Å². The highest BCUT2D eigenvalue weighted by Crippen LogP contribution is 2.24. The topological polar surface area (TPSA) is 84.7 Å². The highest BCUT2D eigenvalue weighted by Gasteiger charge is 2.16. The summed E-state index contributed by atoms with van der Waals surface area (Å²) < 4.78 is 0. The lowest BCUT2D eigenvalue weighted by atomic mass is 10.0. The maximum Gasteiger partial charge on any atom is 0.249 e. The van der Waals surface area contributed by atoms with Crippen LogP contribution in [0.4, 0.5) is 0 Å². The van der Waals surface area contributed by atoms with E-state index in [1.807, 2.05) is 31.2 Å². The van der Waals surface area contributed by atoms with Crippen molar-refractivity contribution in [1.82, 2.24) is 15.0 Å². The maximum atomic E-state index is 11.5. The number of hydrogen-bond donors (Lipinski definition) is 2. The lowest BCUT2D eigenvalue weighted by molar-refractivity contribution is 0.0999. The Labute approximate surface area is 115 Å². The fourth-order valence-electron chi connectivity index (χ4n) is 2.35. The van der Waals surface area contributed by atoms with E-state index in [2.05, 4.69) is 15.0 Å². The number of nitrogens with two attached hydrogens (primary N) is 1. The number of imidazole rings is 1. The number of para-hydroxylation sites is 2. The second-order valence-corrected chi connectivity index (χ2v) is 4.51. The Bertz CT molecular complexity index is 758. The van der Waals surface area contributed by atoms with Gasteiger partial charge in [-0.1, -0.05) is 19.1 Å². The molecule has 1 aromatic carbocycles. The molecule has 2 aromatic heterocycles. The van der Waals surface area contributed by atoms with Crippen molar-refractivity contribution in [3.63, 3.8) is 0 Å². The molecule has 0 saturated heterocycles. The summed E-state index contributed by atoms with van der Waals surface area (Å²) >= 11 is 0. The number of carbonyl (C=O) groups excluding carboxylic acids is 1. The van der Waals surface area contributed by atoms with Crippen LogP contribution in [0.3, 0.4) is 0 Å². The highest BCUT2D eigenvalue weighted by atomic mass is 16.1. The SMILES string of the molecule is CCc1c(C(N)=O)ccnc1-c1nc2ccccc2[nH]1. The van der Waals surface area contributed by atoms with Crippen LogP contribution in [-0.4, -0.2) is 20.9 Å². The first-order valence-corrected chi connectivity index (χ1v) is 6.43. The standard InChI is InChI=1S/C15H14N4O/c1-2-9-10(14(16)20)7-8-17-13(9)15-18-11-5-3-4-6-12(11)19-15/h3-8H,2H2,1H3,(H2,16,20)(H,18,19). The normalized spacial score (nSPS) is 10.8. The Balaban J connectivity index is 2.23. The van der Waals surface area contributed by atoms with E-state index in [0.717, 1.165) is 16.6 Å². The number of benzene rings is 1. The van der Waals surface area contributed by atoms with Gasteiger partial charge in [-0.25, -0.2) is 4.98 Å². The summed E-state index contributed by atoms with van der Waals surface area (Å²) in [4.78, 5) is 23.6. The van der Waals surface area contributed by atoms with E-state index in [0.29, 0.717) is 23.5 Å². The number of aromatic nitrogens is 3. The van der Waals surface area contributed by atoms with Gasteiger partial charge in [-0.2, -0.15) is 0 Å². The molecule has 20 heavy (non-hydrogen) atoms. The molecule has 0 bridgehead atoms. The maximum absolute atomic E-state index is 11.5. The predicted molar refractivity (Wildman–Crippen MR) is 77.2 cm³/mol. The van der Waals surface area contributed by atoms with Crippen molar-refractivity contribution < 1.29 is 4.79 Å². The van der Waals surface area contributed by atoms with E-state index in [1.165, 1.54) is 0 Å². The highest BCUT2D eigenvalue weighted by molar-refractivity contribution is 5.95. The molecule has 0 unspecified atom stereocenters. The zero-order valence-corrected chi connectivity index (χ0v) is 11.1. The average Bonchev–Trinajstić information content (AvgIpc) is 2.89. The molecular weight excluding hydrogens is 252 g/mol. The summed E-state index contributed by atoms with van der Waals surface area (Å²) in [5.74, 6) is 0.216. The van der Waals surface area contributed by atoms with Crippen molar-refractivity contribution in [2.24, 2.45) is 5.73 Å². The molecule has 5 heteroatoms. The summed E-state index contributed by atoms with van der Waals surface area (Å²) in [5, 5.41) is 0. The first-order valence-electron chi connectivity index (χ1n) is 6.43. The van der Waals surface area contributed by atoms with Crippen LogP contribution < -0.4 is 5.73 Å². The van der Waals surface area contributed by atoms with Gasteiger partial charge in [0.1, 0.15) is 5.69 Å². The second-order valence-electron chi connectivity index (χ2n) is 4.51. The number of carbonyl (C=O) groups is 1. The van der Waals surface area contributed by atoms with Crippen molar-refractivity contribution in [1.29, 1.82) is 0 Å². The molecule has 0 aliphatic rings. The third kappa shape index (κ3) is 1.93. The van der Waals surface area contributed by atoms with E-state index >= 15 is 0 Å². The number of amides is 1. The first-order chi connectivity index (χ1) is 9.70. The second kappa shape index (κ2) is 4.77. The largest absolute Gasteiger partial charge is 0.366 e. The van der Waals surface area contributed by atoms with Crippen LogP contribution in [0.25, 0.3) is 22.6 Å². The van der Waals surface area contributed by atoms with Crippen LogP contribution in [0, 0.1) is 0 Å². The lowest BCUT2D eigenvalue weighted by Gasteiger charge is -2.08. The zero-order chi connectivity index (χ0) is 14.1. The fourth-order valence-corrected chi connectivity index (χ4v) is 2.35. The Hall–Kier alpha value is -2.69. The number of rotatable bonds is 3. The van der Waals surface area contributed by atoms with E-state index in [9.17, 15) is 4.79 Å². The number of fused-ring (bicyclic) bond motifs is 1. The number of hydrogen-bond acceptors (Lipinski definition) is 3. The summed E-state index contributed by atoms with van der Waals surface area (Å²) in [6, 6.07) is 9.40. The van der Waals surface area contributed by atoms with Gasteiger partial charge in [0.15, 0.2) is 5.82 Å². The smallest absolute Gasteiger partial charge is 0.249 e. The van der Waals surface area contributed by atoms with Crippen molar-refractivity contribution in [3.8, 4) is 11.5 Å². The van der Waals surface area contributed by atoms with Crippen LogP contribution >= 0.6 is 0 Å². The number of nitrogens with one attached hydrogen (secondary N) is 1. The molecule has 0 atom stereocenters. The van der Waals surface area contributed by atoms with Gasteiger partial charge in [-0.3, -0.25) is 9.78 Å². The number of primary amides is 1. The van der Waals surface area contributed by atoms with Crippen LogP contribution in [0.1, 0.15) is 22.8 Å². The van der Waals surface area contributed by atoms with Gasteiger partial charge in [-0.05, 0) is 30.2 Å². The number of H-pyrrole nitrogens is 1. The molecule has 0 radical (unpaired) electrons. The van der Waals surface area contributed by atoms with Crippen LogP contribution in [0.2, 0.25) is 0 Å². The quantitative estimate of drug-likeness (QED) is 0.762. The third-order valence-electron chi connectivity index (χ3n) is 3.29. The minimum absolute atomic E-state index is 0.443. The average molecular weight is 266 g/mol. The molecule has 3 N–H and O–H groups in total. The van der Waals surface area contributed by atoms with Gasteiger partial charge in [0.2, 0.25) is 5.91 Å². The summed E-state index contributed by atoms with van der Waals surface area (Å²) in [7, 11) is 0. The molecule has 2 heterocycles. The zero-order valence-electron chi connectivity index (χ0n) is 11.1. The third-order valence-corrected chi connectivity index (χ3v) is 3.29. The number of aromatic amines is 1. The Morgan fingerprint density at radius 1 is 1.30 bits per heavy atom. The van der Waals surface area contributed by atoms with E-state index in [4.69, 9.17) is 5.73 Å². The molecule has 0 saturated carbocycles. The molecule has 0 aliphatic heterocycles. The monoisotopic (exact) mass is 266 g/mol. The molecule has 5 nitrogen and oxygen atoms in total. The minimum atomic E-state index is -0.443. The Morgan fingerprint density at radius 2 is 2.10 bits per heavy atom. The fraction of sp³-hybridized carbons (Fsp3) is 0.133. The summed E-state index contributed by atoms with van der Waals surface area (Å²) in [6.07, 6.45) is 2.25. The molecule has 0 spiro atoms. The van der Waals surface area contributed by atoms with Gasteiger partial charge in [0.25, 0.3) is 0 Å². The molecule has 3 rings (SSSR count).